The van der Waals surface area contributed by atoms with Crippen LogP contribution in [0.4, 0.5) is 0 Å². The highest BCUT2D eigenvalue weighted by molar-refractivity contribution is 6.01. The van der Waals surface area contributed by atoms with E-state index >= 15 is 0 Å². The molecule has 6 heteroatoms. The lowest BCUT2D eigenvalue weighted by atomic mass is 10.0. The molecule has 1 amide bonds. The van der Waals surface area contributed by atoms with Crippen LogP contribution in [0.15, 0.2) is 54.7 Å². The predicted octanol–water partition coefficient (Wildman–Crippen LogP) is 4.10. The molecule has 2 aromatic carbocycles. The number of ether oxygens (including phenoxy) is 1. The fourth-order valence-corrected chi connectivity index (χ4v) is 4.01. The van der Waals surface area contributed by atoms with Gasteiger partial charge in [-0.25, -0.2) is 0 Å². The standard InChI is InChI=1S/C25H24N2O4/c1-16(28)8-11-23(17(2)29)27-14-21-20(25(27)30)6-3-7-24(21)31-15-18-9-10-22-19(13-18)5-4-12-26-22/h3-7,9-10,12-13,23H,8,11,14-15H2,1-2H3. The molecule has 0 N–H and O–H groups in total. The van der Waals surface area contributed by atoms with Crippen LogP contribution in [-0.4, -0.2) is 33.4 Å². The number of nitrogens with zero attached hydrogens (tertiary/aromatic N) is 2. The summed E-state index contributed by atoms with van der Waals surface area (Å²) in [5, 5.41) is 1.04. The van der Waals surface area contributed by atoms with E-state index in [0.29, 0.717) is 30.9 Å². The second-order valence-electron chi connectivity index (χ2n) is 7.90. The summed E-state index contributed by atoms with van der Waals surface area (Å²) in [4.78, 5) is 42.5. The Morgan fingerprint density at radius 1 is 1.13 bits per heavy atom. The van der Waals surface area contributed by atoms with Gasteiger partial charge >= 0.3 is 0 Å². The van der Waals surface area contributed by atoms with E-state index in [1.54, 1.807) is 23.2 Å². The van der Waals surface area contributed by atoms with E-state index < -0.39 is 6.04 Å². The van der Waals surface area contributed by atoms with E-state index in [9.17, 15) is 14.4 Å². The van der Waals surface area contributed by atoms with Crippen molar-refractivity contribution in [2.24, 2.45) is 0 Å². The third-order valence-corrected chi connectivity index (χ3v) is 5.63. The van der Waals surface area contributed by atoms with Crippen molar-refractivity contribution in [2.45, 2.75) is 45.9 Å². The second kappa shape index (κ2) is 8.68. The Morgan fingerprint density at radius 2 is 1.97 bits per heavy atom. The number of aromatic nitrogens is 1. The van der Waals surface area contributed by atoms with Crippen LogP contribution < -0.4 is 4.74 Å². The van der Waals surface area contributed by atoms with Crippen molar-refractivity contribution in [1.29, 1.82) is 0 Å². The number of ketones is 2. The Kier molecular flexibility index (Phi) is 5.80. The zero-order chi connectivity index (χ0) is 22.0. The number of hydrogen-bond acceptors (Lipinski definition) is 5. The van der Waals surface area contributed by atoms with Crippen molar-refractivity contribution in [3.8, 4) is 5.75 Å². The van der Waals surface area contributed by atoms with Gasteiger partial charge in [0.15, 0.2) is 5.78 Å². The summed E-state index contributed by atoms with van der Waals surface area (Å²) in [6.45, 7) is 3.61. The number of benzene rings is 2. The lowest BCUT2D eigenvalue weighted by Crippen LogP contribution is -2.40. The number of rotatable bonds is 8. The number of carbonyl (C=O) groups excluding carboxylic acids is 3. The third kappa shape index (κ3) is 4.33. The molecule has 6 nitrogen and oxygen atoms in total. The van der Waals surface area contributed by atoms with Gasteiger partial charge in [-0.05, 0) is 56.2 Å². The van der Waals surface area contributed by atoms with Crippen LogP contribution in [-0.2, 0) is 22.7 Å². The monoisotopic (exact) mass is 416 g/mol. The average Bonchev–Trinajstić information content (AvgIpc) is 3.09. The van der Waals surface area contributed by atoms with Gasteiger partial charge in [-0.2, -0.15) is 0 Å². The number of carbonyl (C=O) groups is 3. The molecule has 0 fully saturated rings. The molecule has 0 aliphatic carbocycles. The fraction of sp³-hybridized carbons (Fsp3) is 0.280. The van der Waals surface area contributed by atoms with Gasteiger partial charge in [-0.15, -0.1) is 0 Å². The number of Topliss-reactive ketones (excluding diaryl/α,β-unsaturated/α-hetero) is 2. The van der Waals surface area contributed by atoms with Gasteiger partial charge < -0.3 is 14.4 Å². The molecule has 1 atom stereocenters. The molecule has 1 unspecified atom stereocenters. The average molecular weight is 416 g/mol. The fourth-order valence-electron chi connectivity index (χ4n) is 4.01. The minimum atomic E-state index is -0.607. The number of amides is 1. The first-order valence-corrected chi connectivity index (χ1v) is 10.3. The van der Waals surface area contributed by atoms with Gasteiger partial charge in [0.25, 0.3) is 5.91 Å². The summed E-state index contributed by atoms with van der Waals surface area (Å²) in [5.74, 6) is 0.328. The lowest BCUT2D eigenvalue weighted by molar-refractivity contribution is -0.122. The molecular weight excluding hydrogens is 392 g/mol. The van der Waals surface area contributed by atoms with Crippen molar-refractivity contribution in [1.82, 2.24) is 9.88 Å². The van der Waals surface area contributed by atoms with E-state index in [1.165, 1.54) is 13.8 Å². The molecule has 31 heavy (non-hydrogen) atoms. The molecule has 0 radical (unpaired) electrons. The van der Waals surface area contributed by atoms with Gasteiger partial charge in [0.2, 0.25) is 0 Å². The summed E-state index contributed by atoms with van der Waals surface area (Å²) in [5.41, 5.74) is 3.26. The van der Waals surface area contributed by atoms with Crippen molar-refractivity contribution in [3.63, 3.8) is 0 Å². The van der Waals surface area contributed by atoms with E-state index in [0.717, 1.165) is 22.0 Å². The quantitative estimate of drug-likeness (QED) is 0.553. The van der Waals surface area contributed by atoms with Crippen molar-refractivity contribution in [2.75, 3.05) is 0 Å². The Labute approximate surface area is 180 Å². The summed E-state index contributed by atoms with van der Waals surface area (Å²) >= 11 is 0. The highest BCUT2D eigenvalue weighted by Crippen LogP contribution is 2.33. The summed E-state index contributed by atoms with van der Waals surface area (Å²) < 4.78 is 6.08. The van der Waals surface area contributed by atoms with E-state index in [4.69, 9.17) is 4.74 Å². The van der Waals surface area contributed by atoms with E-state index in [2.05, 4.69) is 4.98 Å². The van der Waals surface area contributed by atoms with Crippen LogP contribution in [0.3, 0.4) is 0 Å². The number of pyridine rings is 1. The Hall–Kier alpha value is -3.54. The predicted molar refractivity (Wildman–Crippen MR) is 117 cm³/mol. The van der Waals surface area contributed by atoms with Crippen LogP contribution >= 0.6 is 0 Å². The highest BCUT2D eigenvalue weighted by Gasteiger charge is 2.36. The van der Waals surface area contributed by atoms with Crippen molar-refractivity contribution < 1.29 is 19.1 Å². The van der Waals surface area contributed by atoms with E-state index in [1.807, 2.05) is 36.4 Å². The Morgan fingerprint density at radius 3 is 2.74 bits per heavy atom. The Bertz CT molecular complexity index is 1170. The second-order valence-corrected chi connectivity index (χ2v) is 7.90. The number of fused-ring (bicyclic) bond motifs is 2. The van der Waals surface area contributed by atoms with Gasteiger partial charge in [0.1, 0.15) is 18.1 Å². The summed E-state index contributed by atoms with van der Waals surface area (Å²) in [6.07, 6.45) is 2.37. The maximum atomic E-state index is 13.0. The molecule has 0 saturated carbocycles. The maximum Gasteiger partial charge on any atom is 0.255 e. The minimum Gasteiger partial charge on any atom is -0.489 e. The van der Waals surface area contributed by atoms with Gasteiger partial charge in [-0.1, -0.05) is 18.2 Å². The SMILES string of the molecule is CC(=O)CCC(C(C)=O)N1Cc2c(OCc3ccc4ncccc4c3)cccc2C1=O. The largest absolute Gasteiger partial charge is 0.489 e. The molecule has 4 rings (SSSR count). The number of hydrogen-bond donors (Lipinski definition) is 0. The molecule has 158 valence electrons. The minimum absolute atomic E-state index is 0.00465. The molecule has 2 heterocycles. The molecule has 0 saturated heterocycles. The zero-order valence-corrected chi connectivity index (χ0v) is 17.6. The summed E-state index contributed by atoms with van der Waals surface area (Å²) in [7, 11) is 0. The third-order valence-electron chi connectivity index (χ3n) is 5.63. The van der Waals surface area contributed by atoms with Crippen molar-refractivity contribution >= 4 is 28.4 Å². The molecule has 3 aromatic rings. The van der Waals surface area contributed by atoms with Gasteiger partial charge in [-0.3, -0.25) is 14.6 Å². The normalized spacial score (nSPS) is 13.9. The van der Waals surface area contributed by atoms with E-state index in [-0.39, 0.29) is 23.9 Å². The van der Waals surface area contributed by atoms with Gasteiger partial charge in [0.05, 0.1) is 18.1 Å². The topological polar surface area (TPSA) is 76.6 Å². The van der Waals surface area contributed by atoms with Crippen LogP contribution in [0.2, 0.25) is 0 Å². The van der Waals surface area contributed by atoms with Crippen LogP contribution in [0.25, 0.3) is 10.9 Å². The van der Waals surface area contributed by atoms with Crippen LogP contribution in [0, 0.1) is 0 Å². The van der Waals surface area contributed by atoms with Crippen LogP contribution in [0.1, 0.15) is 48.2 Å². The first-order chi connectivity index (χ1) is 14.9. The summed E-state index contributed by atoms with van der Waals surface area (Å²) in [6, 6.07) is 14.7. The van der Waals surface area contributed by atoms with Crippen molar-refractivity contribution in [3.05, 3.63) is 71.4 Å². The molecule has 1 aliphatic heterocycles. The lowest BCUT2D eigenvalue weighted by Gasteiger charge is -2.25. The first-order valence-electron chi connectivity index (χ1n) is 10.3. The molecule has 1 aromatic heterocycles. The Balaban J connectivity index is 1.53. The van der Waals surface area contributed by atoms with Gasteiger partial charge in [0, 0.05) is 29.1 Å². The first kappa shape index (κ1) is 20.7. The molecule has 0 bridgehead atoms. The maximum absolute atomic E-state index is 13.0. The zero-order valence-electron chi connectivity index (χ0n) is 17.6. The highest BCUT2D eigenvalue weighted by atomic mass is 16.5. The van der Waals surface area contributed by atoms with Crippen LogP contribution in [0.5, 0.6) is 5.75 Å². The molecule has 0 spiro atoms. The smallest absolute Gasteiger partial charge is 0.255 e. The molecular formula is C25H24N2O4. The molecule has 1 aliphatic rings.